The van der Waals surface area contributed by atoms with Crippen LogP contribution in [0.3, 0.4) is 0 Å². The van der Waals surface area contributed by atoms with Crippen LogP contribution in [0.15, 0.2) is 42.5 Å². The highest BCUT2D eigenvalue weighted by atomic mass is 35.5. The lowest BCUT2D eigenvalue weighted by atomic mass is 10.2. The molecule has 0 bridgehead atoms. The van der Waals surface area contributed by atoms with Gasteiger partial charge in [0.05, 0.1) is 17.2 Å². The number of hydrogen-bond acceptors (Lipinski definition) is 3. The quantitative estimate of drug-likeness (QED) is 0.872. The Morgan fingerprint density at radius 3 is 2.64 bits per heavy atom. The Kier molecular flexibility index (Phi) is 5.92. The van der Waals surface area contributed by atoms with Crippen molar-refractivity contribution in [1.29, 1.82) is 0 Å². The Hall–Kier alpha value is -1.91. The first kappa shape index (κ1) is 16.5. The minimum atomic E-state index is -0.228. The Labute approximate surface area is 138 Å². The number of ether oxygens (including phenoxy) is 2. The molecule has 0 aliphatic rings. The predicted molar refractivity (Wildman–Crippen MR) is 86.8 cm³/mol. The molecule has 0 heterocycles. The van der Waals surface area contributed by atoms with Crippen LogP contribution in [0.1, 0.15) is 5.56 Å². The van der Waals surface area contributed by atoms with Crippen LogP contribution in [0.4, 0.5) is 0 Å². The van der Waals surface area contributed by atoms with Crippen molar-refractivity contribution in [3.05, 3.63) is 58.1 Å². The van der Waals surface area contributed by atoms with E-state index in [1.807, 2.05) is 24.3 Å². The van der Waals surface area contributed by atoms with Gasteiger partial charge in [-0.1, -0.05) is 35.3 Å². The summed E-state index contributed by atoms with van der Waals surface area (Å²) in [5, 5.41) is 3.59. The number of rotatable bonds is 6. The van der Waals surface area contributed by atoms with E-state index in [2.05, 4.69) is 5.32 Å². The molecule has 0 aromatic heterocycles. The van der Waals surface area contributed by atoms with Crippen molar-refractivity contribution in [3.63, 3.8) is 0 Å². The molecule has 0 aliphatic heterocycles. The zero-order chi connectivity index (χ0) is 15.9. The fourth-order valence-corrected chi connectivity index (χ4v) is 2.04. The number of methoxy groups -OCH3 is 1. The zero-order valence-electron chi connectivity index (χ0n) is 11.9. The van der Waals surface area contributed by atoms with Gasteiger partial charge in [0.15, 0.2) is 6.61 Å². The SMILES string of the molecule is COc1cccc(CNC(=O)COc2ccc(Cl)c(Cl)c2)c1. The van der Waals surface area contributed by atoms with Crippen LogP contribution < -0.4 is 14.8 Å². The summed E-state index contributed by atoms with van der Waals surface area (Å²) in [5.41, 5.74) is 0.947. The molecule has 0 fully saturated rings. The molecule has 1 N–H and O–H groups in total. The van der Waals surface area contributed by atoms with Crippen molar-refractivity contribution in [3.8, 4) is 11.5 Å². The molecule has 4 nitrogen and oxygen atoms in total. The summed E-state index contributed by atoms with van der Waals surface area (Å²) in [4.78, 5) is 11.8. The summed E-state index contributed by atoms with van der Waals surface area (Å²) in [5.74, 6) is 1.01. The lowest BCUT2D eigenvalue weighted by Crippen LogP contribution is -2.28. The Balaban J connectivity index is 1.81. The molecule has 116 valence electrons. The fraction of sp³-hybridized carbons (Fsp3) is 0.188. The van der Waals surface area contributed by atoms with Crippen LogP contribution in [-0.4, -0.2) is 19.6 Å². The van der Waals surface area contributed by atoms with E-state index in [0.717, 1.165) is 11.3 Å². The monoisotopic (exact) mass is 339 g/mol. The molecule has 0 unspecified atom stereocenters. The van der Waals surface area contributed by atoms with Crippen LogP contribution in [-0.2, 0) is 11.3 Å². The molecule has 0 saturated heterocycles. The molecule has 0 radical (unpaired) electrons. The van der Waals surface area contributed by atoms with E-state index in [1.54, 1.807) is 25.3 Å². The number of hydrogen-bond donors (Lipinski definition) is 1. The number of amides is 1. The van der Waals surface area contributed by atoms with E-state index in [-0.39, 0.29) is 12.5 Å². The van der Waals surface area contributed by atoms with Gasteiger partial charge in [-0.05, 0) is 29.8 Å². The minimum Gasteiger partial charge on any atom is -0.497 e. The van der Waals surface area contributed by atoms with E-state index in [0.29, 0.717) is 22.3 Å². The summed E-state index contributed by atoms with van der Waals surface area (Å²) in [6.45, 7) is 0.308. The average Bonchev–Trinajstić information content (AvgIpc) is 2.54. The van der Waals surface area contributed by atoms with E-state index in [9.17, 15) is 4.79 Å². The Morgan fingerprint density at radius 2 is 1.91 bits per heavy atom. The molecule has 2 aromatic rings. The third-order valence-electron chi connectivity index (χ3n) is 2.88. The highest BCUT2D eigenvalue weighted by molar-refractivity contribution is 6.42. The summed E-state index contributed by atoms with van der Waals surface area (Å²) < 4.78 is 10.5. The van der Waals surface area contributed by atoms with Gasteiger partial charge in [0.1, 0.15) is 11.5 Å². The summed E-state index contributed by atoms with van der Waals surface area (Å²) >= 11 is 11.7. The second kappa shape index (κ2) is 7.92. The molecule has 2 rings (SSSR count). The van der Waals surface area contributed by atoms with Crippen molar-refractivity contribution >= 4 is 29.1 Å². The Morgan fingerprint density at radius 1 is 1.09 bits per heavy atom. The van der Waals surface area contributed by atoms with Gasteiger partial charge >= 0.3 is 0 Å². The van der Waals surface area contributed by atoms with E-state index < -0.39 is 0 Å². The molecule has 2 aromatic carbocycles. The second-order valence-corrected chi connectivity index (χ2v) is 5.31. The standard InChI is InChI=1S/C16H15Cl2NO3/c1-21-12-4-2-3-11(7-12)9-19-16(20)10-22-13-5-6-14(17)15(18)8-13/h2-8H,9-10H2,1H3,(H,19,20). The molecule has 0 atom stereocenters. The topological polar surface area (TPSA) is 47.6 Å². The zero-order valence-corrected chi connectivity index (χ0v) is 13.4. The third kappa shape index (κ3) is 4.83. The van der Waals surface area contributed by atoms with Gasteiger partial charge < -0.3 is 14.8 Å². The normalized spacial score (nSPS) is 10.1. The molecule has 6 heteroatoms. The van der Waals surface area contributed by atoms with Crippen LogP contribution in [0.2, 0.25) is 10.0 Å². The summed E-state index contributed by atoms with van der Waals surface area (Å²) in [7, 11) is 1.60. The summed E-state index contributed by atoms with van der Waals surface area (Å²) in [6, 6.07) is 12.3. The van der Waals surface area contributed by atoms with Crippen molar-refractivity contribution < 1.29 is 14.3 Å². The van der Waals surface area contributed by atoms with Gasteiger partial charge in [0.25, 0.3) is 5.91 Å². The van der Waals surface area contributed by atoms with E-state index in [4.69, 9.17) is 32.7 Å². The molecule has 22 heavy (non-hydrogen) atoms. The smallest absolute Gasteiger partial charge is 0.258 e. The fourth-order valence-electron chi connectivity index (χ4n) is 1.75. The minimum absolute atomic E-state index is 0.0953. The first-order valence-corrected chi connectivity index (χ1v) is 7.31. The average molecular weight is 340 g/mol. The predicted octanol–water partition coefficient (Wildman–Crippen LogP) is 3.70. The van der Waals surface area contributed by atoms with E-state index >= 15 is 0 Å². The highest BCUT2D eigenvalue weighted by Crippen LogP contribution is 2.26. The van der Waals surface area contributed by atoms with Gasteiger partial charge in [0.2, 0.25) is 0 Å². The maximum atomic E-state index is 11.8. The third-order valence-corrected chi connectivity index (χ3v) is 3.62. The number of carbonyl (C=O) groups is 1. The van der Waals surface area contributed by atoms with Crippen molar-refractivity contribution in [2.24, 2.45) is 0 Å². The van der Waals surface area contributed by atoms with Gasteiger partial charge in [0, 0.05) is 12.6 Å². The van der Waals surface area contributed by atoms with Crippen LogP contribution in [0, 0.1) is 0 Å². The molecule has 1 amide bonds. The molecule has 0 saturated carbocycles. The van der Waals surface area contributed by atoms with Gasteiger partial charge in [-0.3, -0.25) is 4.79 Å². The number of nitrogens with one attached hydrogen (secondary N) is 1. The first-order valence-electron chi connectivity index (χ1n) is 6.56. The lowest BCUT2D eigenvalue weighted by molar-refractivity contribution is -0.123. The van der Waals surface area contributed by atoms with Crippen LogP contribution in [0.25, 0.3) is 0 Å². The molecular weight excluding hydrogens is 325 g/mol. The van der Waals surface area contributed by atoms with Crippen LogP contribution >= 0.6 is 23.2 Å². The van der Waals surface area contributed by atoms with Gasteiger partial charge in [-0.15, -0.1) is 0 Å². The van der Waals surface area contributed by atoms with Crippen LogP contribution in [0.5, 0.6) is 11.5 Å². The van der Waals surface area contributed by atoms with Crippen molar-refractivity contribution in [2.75, 3.05) is 13.7 Å². The molecular formula is C16H15Cl2NO3. The van der Waals surface area contributed by atoms with Gasteiger partial charge in [-0.2, -0.15) is 0 Å². The summed E-state index contributed by atoms with van der Waals surface area (Å²) in [6.07, 6.45) is 0. The maximum Gasteiger partial charge on any atom is 0.258 e. The highest BCUT2D eigenvalue weighted by Gasteiger charge is 2.05. The van der Waals surface area contributed by atoms with E-state index in [1.165, 1.54) is 0 Å². The second-order valence-electron chi connectivity index (χ2n) is 4.49. The first-order chi connectivity index (χ1) is 10.6. The molecule has 0 aliphatic carbocycles. The lowest BCUT2D eigenvalue weighted by Gasteiger charge is -2.09. The van der Waals surface area contributed by atoms with Crippen molar-refractivity contribution in [1.82, 2.24) is 5.32 Å². The maximum absolute atomic E-state index is 11.8. The number of halogens is 2. The largest absolute Gasteiger partial charge is 0.497 e. The number of carbonyl (C=O) groups excluding carboxylic acids is 1. The van der Waals surface area contributed by atoms with Gasteiger partial charge in [-0.25, -0.2) is 0 Å². The Bertz CT molecular complexity index is 662. The molecule has 0 spiro atoms. The number of benzene rings is 2. The van der Waals surface area contributed by atoms with Crippen molar-refractivity contribution in [2.45, 2.75) is 6.54 Å².